The molecule has 168 valence electrons. The van der Waals surface area contributed by atoms with E-state index in [1.165, 1.54) is 7.11 Å². The fraction of sp³-hybridized carbons (Fsp3) is 0.120. The maximum Gasteiger partial charge on any atom is 0.337 e. The summed E-state index contributed by atoms with van der Waals surface area (Å²) in [5.74, 6) is 1.10. The number of carbonyl (C=O) groups is 1. The Bertz CT molecular complexity index is 1270. The maximum absolute atomic E-state index is 11.7. The van der Waals surface area contributed by atoms with Crippen molar-refractivity contribution in [2.45, 2.75) is 13.2 Å². The smallest absolute Gasteiger partial charge is 0.337 e. The first-order chi connectivity index (χ1) is 15.9. The van der Waals surface area contributed by atoms with Crippen LogP contribution in [-0.2, 0) is 17.9 Å². The highest BCUT2D eigenvalue weighted by Crippen LogP contribution is 2.30. The molecule has 0 aliphatic carbocycles. The summed E-state index contributed by atoms with van der Waals surface area (Å²) in [6.45, 7) is 0.811. The van der Waals surface area contributed by atoms with E-state index in [1.807, 2.05) is 53.2 Å². The number of carbonyl (C=O) groups excluding carboxylic acids is 1. The van der Waals surface area contributed by atoms with Crippen molar-refractivity contribution in [3.8, 4) is 17.0 Å². The first-order valence-corrected chi connectivity index (χ1v) is 11.5. The molecular weight excluding hydrogens is 527 g/mol. The predicted octanol–water partition coefficient (Wildman–Crippen LogP) is 7.03. The summed E-state index contributed by atoms with van der Waals surface area (Å²) in [6, 6.07) is 20.2. The minimum Gasteiger partial charge on any atom is -0.486 e. The lowest BCUT2D eigenvalue weighted by Crippen LogP contribution is -2.08. The Morgan fingerprint density at radius 1 is 1.03 bits per heavy atom. The number of imidazole rings is 1. The van der Waals surface area contributed by atoms with Crippen LogP contribution in [0, 0.1) is 0 Å². The van der Waals surface area contributed by atoms with E-state index in [1.54, 1.807) is 24.3 Å². The molecule has 0 radical (unpaired) electrons. The first kappa shape index (κ1) is 23.4. The summed E-state index contributed by atoms with van der Waals surface area (Å²) in [4.78, 5) is 16.5. The number of methoxy groups -OCH3 is 1. The van der Waals surface area contributed by atoms with Crippen molar-refractivity contribution in [1.29, 1.82) is 0 Å². The molecule has 1 aromatic heterocycles. The monoisotopic (exact) mass is 544 g/mol. The van der Waals surface area contributed by atoms with E-state index in [0.717, 1.165) is 32.9 Å². The van der Waals surface area contributed by atoms with Crippen LogP contribution in [0.15, 0.2) is 77.4 Å². The third-order valence-electron chi connectivity index (χ3n) is 4.98. The Labute approximate surface area is 210 Å². The molecule has 4 rings (SSSR count). The van der Waals surface area contributed by atoms with Crippen LogP contribution in [0.25, 0.3) is 11.3 Å². The van der Waals surface area contributed by atoms with E-state index in [0.29, 0.717) is 22.2 Å². The third-order valence-corrected chi connectivity index (χ3v) is 6.05. The minimum absolute atomic E-state index is 0.271. The van der Waals surface area contributed by atoms with E-state index in [2.05, 4.69) is 15.9 Å². The lowest BCUT2D eigenvalue weighted by Gasteiger charge is -2.10. The molecule has 0 atom stereocenters. The fourth-order valence-corrected chi connectivity index (χ4v) is 4.04. The molecule has 0 saturated heterocycles. The van der Waals surface area contributed by atoms with Gasteiger partial charge in [-0.15, -0.1) is 0 Å². The molecule has 0 spiro atoms. The lowest BCUT2D eigenvalue weighted by atomic mass is 10.1. The Kier molecular flexibility index (Phi) is 7.38. The van der Waals surface area contributed by atoms with Crippen LogP contribution in [0.3, 0.4) is 0 Å². The van der Waals surface area contributed by atoms with Gasteiger partial charge in [0.05, 0.1) is 23.4 Å². The largest absolute Gasteiger partial charge is 0.486 e. The fourth-order valence-electron chi connectivity index (χ4n) is 3.27. The van der Waals surface area contributed by atoms with Gasteiger partial charge in [-0.25, -0.2) is 9.78 Å². The SMILES string of the molecule is COC(=O)c1ccc(Cn2cc(-c3ccc(Cl)cc3Cl)nc2COc2ccc(Br)cc2)cc1. The summed E-state index contributed by atoms with van der Waals surface area (Å²) in [5, 5.41) is 1.09. The second-order valence-corrected chi connectivity index (χ2v) is 8.98. The van der Waals surface area contributed by atoms with E-state index in [-0.39, 0.29) is 12.6 Å². The highest BCUT2D eigenvalue weighted by molar-refractivity contribution is 9.10. The highest BCUT2D eigenvalue weighted by atomic mass is 79.9. The number of nitrogens with zero attached hydrogens (tertiary/aromatic N) is 2. The Morgan fingerprint density at radius 2 is 1.76 bits per heavy atom. The number of aromatic nitrogens is 2. The quantitative estimate of drug-likeness (QED) is 0.234. The molecule has 0 aliphatic rings. The van der Waals surface area contributed by atoms with Crippen molar-refractivity contribution in [2.75, 3.05) is 7.11 Å². The molecule has 0 bridgehead atoms. The normalized spacial score (nSPS) is 10.8. The molecule has 3 aromatic carbocycles. The van der Waals surface area contributed by atoms with E-state index in [9.17, 15) is 4.79 Å². The zero-order valence-corrected chi connectivity index (χ0v) is 20.7. The van der Waals surface area contributed by atoms with Gasteiger partial charge in [0, 0.05) is 27.8 Å². The van der Waals surface area contributed by atoms with Crippen molar-refractivity contribution < 1.29 is 14.3 Å². The average molecular weight is 546 g/mol. The summed E-state index contributed by atoms with van der Waals surface area (Å²) < 4.78 is 13.7. The molecule has 0 N–H and O–H groups in total. The van der Waals surface area contributed by atoms with Gasteiger partial charge >= 0.3 is 5.97 Å². The van der Waals surface area contributed by atoms with Gasteiger partial charge in [0.2, 0.25) is 0 Å². The molecule has 0 unspecified atom stereocenters. The van der Waals surface area contributed by atoms with Crippen LogP contribution in [0.4, 0.5) is 0 Å². The first-order valence-electron chi connectivity index (χ1n) is 10.00. The number of ether oxygens (including phenoxy) is 2. The third kappa shape index (κ3) is 5.77. The molecule has 5 nitrogen and oxygen atoms in total. The van der Waals surface area contributed by atoms with Crippen LogP contribution in [0.2, 0.25) is 10.0 Å². The van der Waals surface area contributed by atoms with Crippen LogP contribution >= 0.6 is 39.1 Å². The molecular formula is C25H19BrCl2N2O3. The van der Waals surface area contributed by atoms with Gasteiger partial charge < -0.3 is 14.0 Å². The molecule has 0 fully saturated rings. The zero-order valence-electron chi connectivity index (χ0n) is 17.6. The van der Waals surface area contributed by atoms with E-state index >= 15 is 0 Å². The van der Waals surface area contributed by atoms with Gasteiger partial charge in [-0.2, -0.15) is 0 Å². The van der Waals surface area contributed by atoms with E-state index in [4.69, 9.17) is 37.7 Å². The van der Waals surface area contributed by atoms with Crippen molar-refractivity contribution in [3.63, 3.8) is 0 Å². The van der Waals surface area contributed by atoms with Crippen molar-refractivity contribution in [2.24, 2.45) is 0 Å². The maximum atomic E-state index is 11.7. The number of rotatable bonds is 7. The van der Waals surface area contributed by atoms with Gasteiger partial charge in [0.15, 0.2) is 0 Å². The Hall–Kier alpha value is -2.80. The van der Waals surface area contributed by atoms with Gasteiger partial charge in [-0.1, -0.05) is 51.3 Å². The lowest BCUT2D eigenvalue weighted by molar-refractivity contribution is 0.0600. The minimum atomic E-state index is -0.368. The molecule has 33 heavy (non-hydrogen) atoms. The number of hydrogen-bond donors (Lipinski definition) is 0. The second kappa shape index (κ2) is 10.4. The zero-order chi connectivity index (χ0) is 23.4. The van der Waals surface area contributed by atoms with Crippen molar-refractivity contribution in [1.82, 2.24) is 9.55 Å². The molecule has 4 aromatic rings. The topological polar surface area (TPSA) is 53.4 Å². The van der Waals surface area contributed by atoms with Crippen LogP contribution in [0.5, 0.6) is 5.75 Å². The highest BCUT2D eigenvalue weighted by Gasteiger charge is 2.14. The van der Waals surface area contributed by atoms with Crippen LogP contribution < -0.4 is 4.74 Å². The van der Waals surface area contributed by atoms with Gasteiger partial charge in [-0.3, -0.25) is 0 Å². The molecule has 0 amide bonds. The number of esters is 1. The summed E-state index contributed by atoms with van der Waals surface area (Å²) in [6.07, 6.45) is 1.93. The average Bonchev–Trinajstić information content (AvgIpc) is 3.20. The molecule has 1 heterocycles. The summed E-state index contributed by atoms with van der Waals surface area (Å²) in [5.41, 5.74) is 3.00. The summed E-state index contributed by atoms with van der Waals surface area (Å²) >= 11 is 15.9. The van der Waals surface area contributed by atoms with Crippen LogP contribution in [-0.4, -0.2) is 22.6 Å². The van der Waals surface area contributed by atoms with Crippen molar-refractivity contribution >= 4 is 45.1 Å². The van der Waals surface area contributed by atoms with Crippen molar-refractivity contribution in [3.05, 3.63) is 104 Å². The summed E-state index contributed by atoms with van der Waals surface area (Å²) in [7, 11) is 1.36. The van der Waals surface area contributed by atoms with Gasteiger partial charge in [0.25, 0.3) is 0 Å². The van der Waals surface area contributed by atoms with E-state index < -0.39 is 0 Å². The number of hydrogen-bond acceptors (Lipinski definition) is 4. The second-order valence-electron chi connectivity index (χ2n) is 7.23. The van der Waals surface area contributed by atoms with Crippen LogP contribution in [0.1, 0.15) is 21.7 Å². The molecule has 0 saturated carbocycles. The predicted molar refractivity (Wildman–Crippen MR) is 133 cm³/mol. The molecule has 8 heteroatoms. The standard InChI is InChI=1S/C25H19BrCl2N2O3/c1-32-25(31)17-4-2-16(3-5-17)13-30-14-23(21-11-8-19(27)12-22(21)28)29-24(30)15-33-20-9-6-18(26)7-10-20/h2-12,14H,13,15H2,1H3. The number of halogens is 3. The Morgan fingerprint density at radius 3 is 2.42 bits per heavy atom. The van der Waals surface area contributed by atoms with Gasteiger partial charge in [0.1, 0.15) is 18.2 Å². The van der Waals surface area contributed by atoms with Gasteiger partial charge in [-0.05, 0) is 60.2 Å². The Balaban J connectivity index is 1.63. The molecule has 0 aliphatic heterocycles. The number of benzene rings is 3.